The molecular formula is C7H12O2S. The number of thiol groups is 1. The predicted octanol–water partition coefficient (Wildman–Crippen LogP) is 1.43. The van der Waals surface area contributed by atoms with Crippen molar-refractivity contribution in [3.05, 3.63) is 12.2 Å². The molecule has 0 aromatic rings. The Bertz CT molecular complexity index is 121. The number of carbonyl (C=O) groups is 1. The van der Waals surface area contributed by atoms with Gasteiger partial charge in [-0.3, -0.25) is 4.79 Å². The van der Waals surface area contributed by atoms with Gasteiger partial charge in [-0.25, -0.2) is 0 Å². The molecule has 0 saturated heterocycles. The van der Waals surface area contributed by atoms with Gasteiger partial charge in [-0.05, 0) is 12.2 Å². The van der Waals surface area contributed by atoms with Crippen LogP contribution in [0.2, 0.25) is 0 Å². The number of esters is 1. The molecule has 0 aliphatic carbocycles. The third-order valence-corrected chi connectivity index (χ3v) is 1.23. The van der Waals surface area contributed by atoms with E-state index in [9.17, 15) is 4.79 Å². The maximum absolute atomic E-state index is 10.5. The molecule has 0 unspecified atom stereocenters. The lowest BCUT2D eigenvalue weighted by atomic mass is 10.3. The number of rotatable bonds is 4. The first-order valence-electron chi connectivity index (χ1n) is 3.14. The fourth-order valence-electron chi connectivity index (χ4n) is 0.455. The first-order valence-corrected chi connectivity index (χ1v) is 3.77. The van der Waals surface area contributed by atoms with Crippen LogP contribution in [0.1, 0.15) is 12.8 Å². The molecule has 0 aromatic carbocycles. The summed E-state index contributed by atoms with van der Waals surface area (Å²) < 4.78 is 4.42. The zero-order valence-electron chi connectivity index (χ0n) is 6.04. The molecule has 10 heavy (non-hydrogen) atoms. The fraction of sp³-hybridized carbons (Fsp3) is 0.571. The highest BCUT2D eigenvalue weighted by Gasteiger charge is 1.92. The molecule has 0 aliphatic rings. The first kappa shape index (κ1) is 9.56. The molecule has 0 N–H and O–H groups in total. The number of carbonyl (C=O) groups excluding carboxylic acids is 1. The Balaban J connectivity index is 3.25. The van der Waals surface area contributed by atoms with Gasteiger partial charge in [0, 0.05) is 0 Å². The number of hydrogen-bond donors (Lipinski definition) is 1. The smallest absolute Gasteiger partial charge is 0.309 e. The third-order valence-electron chi connectivity index (χ3n) is 0.975. The zero-order chi connectivity index (χ0) is 7.82. The highest BCUT2D eigenvalue weighted by molar-refractivity contribution is 7.80. The van der Waals surface area contributed by atoms with E-state index >= 15 is 0 Å². The number of methoxy groups -OCH3 is 1. The molecule has 3 heteroatoms. The molecule has 0 bridgehead atoms. The summed E-state index contributed by atoms with van der Waals surface area (Å²) in [5.41, 5.74) is 0. The van der Waals surface area contributed by atoms with Crippen molar-refractivity contribution in [1.82, 2.24) is 0 Å². The standard InChI is InChI=1S/C7H12O2S/c1-9-7(8)5-3-2-4-6-10/h2-3,10H,4-6H2,1H3. The van der Waals surface area contributed by atoms with Crippen LogP contribution in [0.4, 0.5) is 0 Å². The van der Waals surface area contributed by atoms with Crippen molar-refractivity contribution in [3.8, 4) is 0 Å². The van der Waals surface area contributed by atoms with Gasteiger partial charge in [-0.1, -0.05) is 12.2 Å². The molecule has 2 nitrogen and oxygen atoms in total. The van der Waals surface area contributed by atoms with Gasteiger partial charge < -0.3 is 4.74 Å². The Morgan fingerprint density at radius 2 is 2.30 bits per heavy atom. The Morgan fingerprint density at radius 3 is 2.80 bits per heavy atom. The number of hydrogen-bond acceptors (Lipinski definition) is 3. The van der Waals surface area contributed by atoms with Crippen LogP contribution in [0, 0.1) is 0 Å². The van der Waals surface area contributed by atoms with Crippen molar-refractivity contribution in [2.24, 2.45) is 0 Å². The Labute approximate surface area is 66.7 Å². The van der Waals surface area contributed by atoms with E-state index in [1.807, 2.05) is 6.08 Å². The zero-order valence-corrected chi connectivity index (χ0v) is 6.93. The molecule has 0 saturated carbocycles. The summed E-state index contributed by atoms with van der Waals surface area (Å²) in [6, 6.07) is 0. The summed E-state index contributed by atoms with van der Waals surface area (Å²) in [5.74, 6) is 0.618. The monoisotopic (exact) mass is 160 g/mol. The summed E-state index contributed by atoms with van der Waals surface area (Å²) in [5, 5.41) is 0. The molecule has 0 aromatic heterocycles. The summed E-state index contributed by atoms with van der Waals surface area (Å²) in [4.78, 5) is 10.5. The van der Waals surface area contributed by atoms with Crippen LogP contribution in [0.25, 0.3) is 0 Å². The first-order chi connectivity index (χ1) is 4.81. The van der Waals surface area contributed by atoms with Crippen LogP contribution in [0.5, 0.6) is 0 Å². The van der Waals surface area contributed by atoms with Gasteiger partial charge in [0.2, 0.25) is 0 Å². The van der Waals surface area contributed by atoms with E-state index in [1.165, 1.54) is 7.11 Å². The molecule has 0 atom stereocenters. The summed E-state index contributed by atoms with van der Waals surface area (Å²) in [6.45, 7) is 0. The van der Waals surface area contributed by atoms with Gasteiger partial charge in [0.05, 0.1) is 13.5 Å². The lowest BCUT2D eigenvalue weighted by Crippen LogP contribution is -1.96. The van der Waals surface area contributed by atoms with Crippen LogP contribution < -0.4 is 0 Å². The van der Waals surface area contributed by atoms with Gasteiger partial charge in [0.25, 0.3) is 0 Å². The van der Waals surface area contributed by atoms with Gasteiger partial charge in [0.1, 0.15) is 0 Å². The minimum absolute atomic E-state index is 0.199. The summed E-state index contributed by atoms with van der Waals surface area (Å²) >= 11 is 4.00. The lowest BCUT2D eigenvalue weighted by molar-refractivity contribution is -0.139. The quantitative estimate of drug-likeness (QED) is 0.382. The number of ether oxygens (including phenoxy) is 1. The predicted molar refractivity (Wildman–Crippen MR) is 44.2 cm³/mol. The summed E-state index contributed by atoms with van der Waals surface area (Å²) in [6.07, 6.45) is 4.98. The normalized spacial score (nSPS) is 10.2. The second-order valence-electron chi connectivity index (χ2n) is 1.76. The average molecular weight is 160 g/mol. The van der Waals surface area contributed by atoms with E-state index in [2.05, 4.69) is 17.4 Å². The number of allylic oxidation sites excluding steroid dienone is 1. The highest BCUT2D eigenvalue weighted by Crippen LogP contribution is 1.90. The maximum Gasteiger partial charge on any atom is 0.309 e. The highest BCUT2D eigenvalue weighted by atomic mass is 32.1. The molecule has 0 radical (unpaired) electrons. The largest absolute Gasteiger partial charge is 0.469 e. The van der Waals surface area contributed by atoms with Crippen LogP contribution >= 0.6 is 12.6 Å². The van der Waals surface area contributed by atoms with Crippen molar-refractivity contribution in [1.29, 1.82) is 0 Å². The Hall–Kier alpha value is -0.440. The van der Waals surface area contributed by atoms with Crippen molar-refractivity contribution < 1.29 is 9.53 Å². The van der Waals surface area contributed by atoms with Crippen molar-refractivity contribution in [3.63, 3.8) is 0 Å². The minimum atomic E-state index is -0.199. The molecule has 0 aliphatic heterocycles. The van der Waals surface area contributed by atoms with E-state index in [0.29, 0.717) is 6.42 Å². The SMILES string of the molecule is COC(=O)CC=CCCS. The fourth-order valence-corrected chi connectivity index (χ4v) is 0.604. The topological polar surface area (TPSA) is 26.3 Å². The molecule has 0 heterocycles. The second kappa shape index (κ2) is 6.68. The average Bonchev–Trinajstić information content (AvgIpc) is 1.98. The molecule has 0 rings (SSSR count). The van der Waals surface area contributed by atoms with Crippen LogP contribution in [-0.2, 0) is 9.53 Å². The van der Waals surface area contributed by atoms with E-state index in [4.69, 9.17) is 0 Å². The van der Waals surface area contributed by atoms with E-state index < -0.39 is 0 Å². The van der Waals surface area contributed by atoms with Crippen LogP contribution in [0.3, 0.4) is 0 Å². The lowest BCUT2D eigenvalue weighted by Gasteiger charge is -1.90. The molecule has 58 valence electrons. The van der Waals surface area contributed by atoms with Crippen molar-refractivity contribution in [2.45, 2.75) is 12.8 Å². The molecule has 0 amide bonds. The summed E-state index contributed by atoms with van der Waals surface area (Å²) in [7, 11) is 1.38. The van der Waals surface area contributed by atoms with Gasteiger partial charge in [-0.2, -0.15) is 12.6 Å². The molecule has 0 spiro atoms. The van der Waals surface area contributed by atoms with E-state index in [-0.39, 0.29) is 5.97 Å². The van der Waals surface area contributed by atoms with Gasteiger partial charge in [0.15, 0.2) is 0 Å². The Morgan fingerprint density at radius 1 is 1.60 bits per heavy atom. The second-order valence-corrected chi connectivity index (χ2v) is 2.21. The minimum Gasteiger partial charge on any atom is -0.469 e. The molecule has 0 fully saturated rings. The van der Waals surface area contributed by atoms with Crippen LogP contribution in [-0.4, -0.2) is 18.8 Å². The van der Waals surface area contributed by atoms with Crippen molar-refractivity contribution in [2.75, 3.05) is 12.9 Å². The molecular weight excluding hydrogens is 148 g/mol. The van der Waals surface area contributed by atoms with E-state index in [0.717, 1.165) is 12.2 Å². The van der Waals surface area contributed by atoms with Gasteiger partial charge >= 0.3 is 5.97 Å². The Kier molecular flexibility index (Phi) is 6.38. The van der Waals surface area contributed by atoms with Crippen molar-refractivity contribution >= 4 is 18.6 Å². The van der Waals surface area contributed by atoms with Gasteiger partial charge in [-0.15, -0.1) is 0 Å². The van der Waals surface area contributed by atoms with Crippen LogP contribution in [0.15, 0.2) is 12.2 Å². The third kappa shape index (κ3) is 5.69. The van der Waals surface area contributed by atoms with E-state index in [1.54, 1.807) is 6.08 Å². The maximum atomic E-state index is 10.5.